The largest absolute Gasteiger partial charge is 0.361 e. The van der Waals surface area contributed by atoms with E-state index in [1.807, 2.05) is 77.8 Å². The van der Waals surface area contributed by atoms with Crippen molar-refractivity contribution in [3.05, 3.63) is 90.4 Å². The second kappa shape index (κ2) is 6.49. The van der Waals surface area contributed by atoms with Gasteiger partial charge in [-0.1, -0.05) is 30.3 Å². The average molecular weight is 328 g/mol. The Labute approximate surface area is 144 Å². The van der Waals surface area contributed by atoms with Gasteiger partial charge in [-0.2, -0.15) is 5.10 Å². The van der Waals surface area contributed by atoms with E-state index in [1.54, 1.807) is 12.3 Å². The summed E-state index contributed by atoms with van der Waals surface area (Å²) < 4.78 is 1.90. The third-order valence-corrected chi connectivity index (χ3v) is 4.02. The molecule has 2 aromatic carbocycles. The van der Waals surface area contributed by atoms with E-state index in [4.69, 9.17) is 0 Å². The quantitative estimate of drug-likeness (QED) is 0.435. The number of hydrogen-bond donors (Lipinski definition) is 2. The third-order valence-electron chi connectivity index (χ3n) is 4.02. The Bertz CT molecular complexity index is 1040. The van der Waals surface area contributed by atoms with Crippen molar-refractivity contribution in [2.45, 2.75) is 0 Å². The van der Waals surface area contributed by atoms with Crippen LogP contribution in [-0.2, 0) is 0 Å². The number of nitrogens with one attached hydrogen (secondary N) is 2. The van der Waals surface area contributed by atoms with Crippen molar-refractivity contribution in [1.82, 2.24) is 15.0 Å². The fraction of sp³-hybridized carbons (Fsp3) is 0. The lowest BCUT2D eigenvalue weighted by Crippen LogP contribution is -2.19. The molecule has 0 atom stereocenters. The average Bonchev–Trinajstić information content (AvgIpc) is 3.32. The molecule has 2 aromatic heterocycles. The number of hydrogen-bond acceptors (Lipinski definition) is 2. The Morgan fingerprint density at radius 3 is 2.64 bits per heavy atom. The van der Waals surface area contributed by atoms with Crippen LogP contribution >= 0.6 is 0 Å². The number of aromatic amines is 1. The molecule has 0 aliphatic carbocycles. The summed E-state index contributed by atoms with van der Waals surface area (Å²) in [5.41, 5.74) is 5.95. The lowest BCUT2D eigenvalue weighted by Gasteiger charge is -2.08. The van der Waals surface area contributed by atoms with Crippen LogP contribution in [-0.4, -0.2) is 21.7 Å². The number of carbonyl (C=O) groups excluding carboxylic acids is 1. The molecule has 1 amide bonds. The van der Waals surface area contributed by atoms with E-state index in [2.05, 4.69) is 15.5 Å². The number of benzene rings is 2. The predicted molar refractivity (Wildman–Crippen MR) is 99.1 cm³/mol. The highest BCUT2D eigenvalue weighted by atomic mass is 16.2. The first-order chi connectivity index (χ1) is 12.3. The molecular formula is C20H16N4O. The molecule has 0 saturated heterocycles. The van der Waals surface area contributed by atoms with Gasteiger partial charge in [0.05, 0.1) is 17.5 Å². The van der Waals surface area contributed by atoms with Gasteiger partial charge in [-0.05, 0) is 30.3 Å². The van der Waals surface area contributed by atoms with E-state index in [1.165, 1.54) is 0 Å². The van der Waals surface area contributed by atoms with Gasteiger partial charge in [0.2, 0.25) is 0 Å². The summed E-state index contributed by atoms with van der Waals surface area (Å²) in [6.07, 6.45) is 7.33. The summed E-state index contributed by atoms with van der Waals surface area (Å²) >= 11 is 0. The molecule has 0 unspecified atom stereocenters. The standard InChI is InChI=1S/C20H16N4O/c25-20(17-8-2-4-10-19(17)24-11-5-6-12-24)23-22-14-15-13-21-18-9-3-1-7-16(15)18/h1-14,21H,(H,23,25)/b22-14-. The lowest BCUT2D eigenvalue weighted by atomic mass is 10.1. The SMILES string of the molecule is O=C(N/N=C\c1c[nH]c2ccccc12)c1ccccc1-n1cccc1. The van der Waals surface area contributed by atoms with Crippen molar-refractivity contribution < 1.29 is 4.79 Å². The molecule has 25 heavy (non-hydrogen) atoms. The molecule has 0 bridgehead atoms. The van der Waals surface area contributed by atoms with Crippen molar-refractivity contribution in [3.63, 3.8) is 0 Å². The van der Waals surface area contributed by atoms with Gasteiger partial charge in [-0.15, -0.1) is 0 Å². The van der Waals surface area contributed by atoms with Crippen molar-refractivity contribution >= 4 is 23.0 Å². The minimum atomic E-state index is -0.250. The van der Waals surface area contributed by atoms with Crippen LogP contribution < -0.4 is 5.43 Å². The summed E-state index contributed by atoms with van der Waals surface area (Å²) in [5, 5.41) is 5.17. The number of H-pyrrole nitrogens is 1. The second-order valence-electron chi connectivity index (χ2n) is 5.60. The first-order valence-electron chi connectivity index (χ1n) is 7.95. The zero-order valence-corrected chi connectivity index (χ0v) is 13.4. The van der Waals surface area contributed by atoms with Crippen molar-refractivity contribution in [3.8, 4) is 5.69 Å². The number of aromatic nitrogens is 2. The molecule has 0 aliphatic rings. The van der Waals surface area contributed by atoms with Gasteiger partial charge in [-0.25, -0.2) is 5.43 Å². The molecule has 0 spiro atoms. The van der Waals surface area contributed by atoms with Crippen molar-refractivity contribution in [2.75, 3.05) is 0 Å². The van der Waals surface area contributed by atoms with Gasteiger partial charge in [-0.3, -0.25) is 4.79 Å². The Morgan fingerprint density at radius 2 is 1.76 bits per heavy atom. The van der Waals surface area contributed by atoms with Crippen LogP contribution in [0.5, 0.6) is 0 Å². The van der Waals surface area contributed by atoms with Crippen LogP contribution in [0, 0.1) is 0 Å². The number of carbonyl (C=O) groups is 1. The molecule has 4 aromatic rings. The third kappa shape index (κ3) is 2.95. The van der Waals surface area contributed by atoms with E-state index in [0.29, 0.717) is 5.56 Å². The molecule has 2 heterocycles. The fourth-order valence-electron chi connectivity index (χ4n) is 2.81. The maximum atomic E-state index is 12.5. The number of amides is 1. The number of nitrogens with zero attached hydrogens (tertiary/aromatic N) is 2. The van der Waals surface area contributed by atoms with Gasteiger partial charge < -0.3 is 9.55 Å². The van der Waals surface area contributed by atoms with E-state index < -0.39 is 0 Å². The van der Waals surface area contributed by atoms with Gasteiger partial charge in [0.1, 0.15) is 0 Å². The zero-order chi connectivity index (χ0) is 17.1. The maximum Gasteiger partial charge on any atom is 0.273 e. The van der Waals surface area contributed by atoms with E-state index in [0.717, 1.165) is 22.2 Å². The van der Waals surface area contributed by atoms with Gasteiger partial charge in [0.15, 0.2) is 0 Å². The van der Waals surface area contributed by atoms with Gasteiger partial charge >= 0.3 is 0 Å². The van der Waals surface area contributed by atoms with Crippen LogP contribution in [0.4, 0.5) is 0 Å². The Kier molecular flexibility index (Phi) is 3.88. The number of para-hydroxylation sites is 2. The highest BCUT2D eigenvalue weighted by Gasteiger charge is 2.11. The zero-order valence-electron chi connectivity index (χ0n) is 13.4. The van der Waals surface area contributed by atoms with E-state index in [9.17, 15) is 4.79 Å². The van der Waals surface area contributed by atoms with Crippen LogP contribution in [0.25, 0.3) is 16.6 Å². The van der Waals surface area contributed by atoms with E-state index >= 15 is 0 Å². The monoisotopic (exact) mass is 328 g/mol. The van der Waals surface area contributed by atoms with Crippen LogP contribution in [0.2, 0.25) is 0 Å². The molecule has 5 nitrogen and oxygen atoms in total. The predicted octanol–water partition coefficient (Wildman–Crippen LogP) is 3.72. The summed E-state index contributed by atoms with van der Waals surface area (Å²) in [7, 11) is 0. The fourth-order valence-corrected chi connectivity index (χ4v) is 2.81. The van der Waals surface area contributed by atoms with Crippen molar-refractivity contribution in [2.24, 2.45) is 5.10 Å². The summed E-state index contributed by atoms with van der Waals surface area (Å²) in [5.74, 6) is -0.250. The molecular weight excluding hydrogens is 312 g/mol. The highest BCUT2D eigenvalue weighted by Crippen LogP contribution is 2.16. The number of rotatable bonds is 4. The normalized spacial score (nSPS) is 11.2. The molecule has 4 rings (SSSR count). The molecule has 122 valence electrons. The van der Waals surface area contributed by atoms with Crippen LogP contribution in [0.1, 0.15) is 15.9 Å². The minimum absolute atomic E-state index is 0.250. The summed E-state index contributed by atoms with van der Waals surface area (Å²) in [6, 6.07) is 19.2. The smallest absolute Gasteiger partial charge is 0.273 e. The van der Waals surface area contributed by atoms with E-state index in [-0.39, 0.29) is 5.91 Å². The van der Waals surface area contributed by atoms with Gasteiger partial charge in [0, 0.05) is 35.1 Å². The second-order valence-corrected chi connectivity index (χ2v) is 5.60. The Balaban J connectivity index is 1.55. The topological polar surface area (TPSA) is 62.2 Å². The minimum Gasteiger partial charge on any atom is -0.361 e. The van der Waals surface area contributed by atoms with Gasteiger partial charge in [0.25, 0.3) is 5.91 Å². The first-order valence-corrected chi connectivity index (χ1v) is 7.95. The molecule has 0 aliphatic heterocycles. The highest BCUT2D eigenvalue weighted by molar-refractivity contribution is 6.01. The maximum absolute atomic E-state index is 12.5. The molecule has 0 radical (unpaired) electrons. The molecule has 0 fully saturated rings. The number of fused-ring (bicyclic) bond motifs is 1. The Morgan fingerprint density at radius 1 is 1.00 bits per heavy atom. The molecule has 0 saturated carbocycles. The number of hydrazone groups is 1. The Hall–Kier alpha value is -3.60. The first kappa shape index (κ1) is 15.0. The van der Waals surface area contributed by atoms with Crippen LogP contribution in [0.15, 0.2) is 84.4 Å². The molecule has 2 N–H and O–H groups in total. The molecule has 5 heteroatoms. The van der Waals surface area contributed by atoms with Crippen LogP contribution in [0.3, 0.4) is 0 Å². The lowest BCUT2D eigenvalue weighted by molar-refractivity contribution is 0.0955. The summed E-state index contributed by atoms with van der Waals surface area (Å²) in [4.78, 5) is 15.7. The summed E-state index contributed by atoms with van der Waals surface area (Å²) in [6.45, 7) is 0. The van der Waals surface area contributed by atoms with Crippen molar-refractivity contribution in [1.29, 1.82) is 0 Å².